The molecule has 1 atom stereocenters. The molecule has 1 saturated heterocycles. The lowest BCUT2D eigenvalue weighted by Gasteiger charge is -2.24. The topological polar surface area (TPSA) is 54.7 Å². The van der Waals surface area contributed by atoms with Crippen LogP contribution < -0.4 is 5.32 Å². The molecule has 1 unspecified atom stereocenters. The van der Waals surface area contributed by atoms with Gasteiger partial charge >= 0.3 is 0 Å². The van der Waals surface area contributed by atoms with Crippen LogP contribution in [0.1, 0.15) is 24.2 Å². The standard InChI is InChI=1S/C16H29N5O/c1-13-10-14(2)21(19-13)8-5-7-18-16(17-3)20(4)11-15-6-9-22-12-15/h10,15H,5-9,11-12H2,1-4H3,(H,17,18). The molecule has 0 radical (unpaired) electrons. The van der Waals surface area contributed by atoms with E-state index in [2.05, 4.69) is 45.0 Å². The summed E-state index contributed by atoms with van der Waals surface area (Å²) in [5, 5.41) is 7.92. The fourth-order valence-corrected chi connectivity index (χ4v) is 2.92. The van der Waals surface area contributed by atoms with Gasteiger partial charge in [0.2, 0.25) is 0 Å². The van der Waals surface area contributed by atoms with Crippen molar-refractivity contribution in [1.29, 1.82) is 0 Å². The molecule has 0 aromatic carbocycles. The Hall–Kier alpha value is -1.56. The van der Waals surface area contributed by atoms with Crippen molar-refractivity contribution in [2.24, 2.45) is 10.9 Å². The molecule has 124 valence electrons. The zero-order valence-electron chi connectivity index (χ0n) is 14.3. The number of aryl methyl sites for hydroxylation is 3. The highest BCUT2D eigenvalue weighted by atomic mass is 16.5. The Morgan fingerprint density at radius 3 is 2.95 bits per heavy atom. The molecule has 22 heavy (non-hydrogen) atoms. The molecule has 0 spiro atoms. The minimum atomic E-state index is 0.623. The van der Waals surface area contributed by atoms with Crippen molar-refractivity contribution in [3.05, 3.63) is 17.5 Å². The third-order valence-corrected chi connectivity index (χ3v) is 4.06. The molecule has 2 rings (SSSR count). The Labute approximate surface area is 133 Å². The molecule has 1 aliphatic heterocycles. The zero-order chi connectivity index (χ0) is 15.9. The van der Waals surface area contributed by atoms with Crippen LogP contribution in [0.15, 0.2) is 11.1 Å². The van der Waals surface area contributed by atoms with E-state index in [1.165, 1.54) is 5.69 Å². The molecule has 1 aromatic rings. The van der Waals surface area contributed by atoms with E-state index < -0.39 is 0 Å². The summed E-state index contributed by atoms with van der Waals surface area (Å²) in [7, 11) is 3.93. The Bertz CT molecular complexity index is 491. The average molecular weight is 307 g/mol. The number of aromatic nitrogens is 2. The predicted octanol–water partition coefficient (Wildman–Crippen LogP) is 1.43. The SMILES string of the molecule is CN=C(NCCCn1nc(C)cc1C)N(C)CC1CCOC1. The van der Waals surface area contributed by atoms with Gasteiger partial charge in [0.1, 0.15) is 0 Å². The van der Waals surface area contributed by atoms with Gasteiger partial charge in [0.05, 0.1) is 12.3 Å². The van der Waals surface area contributed by atoms with Crippen LogP contribution in [0.25, 0.3) is 0 Å². The number of aliphatic imine (C=N–C) groups is 1. The fraction of sp³-hybridized carbons (Fsp3) is 0.750. The molecule has 6 nitrogen and oxygen atoms in total. The smallest absolute Gasteiger partial charge is 0.193 e. The van der Waals surface area contributed by atoms with E-state index in [-0.39, 0.29) is 0 Å². The molecule has 1 N–H and O–H groups in total. The summed E-state index contributed by atoms with van der Waals surface area (Å²) < 4.78 is 7.50. The fourth-order valence-electron chi connectivity index (χ4n) is 2.92. The number of nitrogens with one attached hydrogen (secondary N) is 1. The van der Waals surface area contributed by atoms with E-state index in [0.717, 1.165) is 57.3 Å². The number of ether oxygens (including phenoxy) is 1. The normalized spacial score (nSPS) is 18.7. The Balaban J connectivity index is 1.70. The van der Waals surface area contributed by atoms with E-state index in [9.17, 15) is 0 Å². The first-order valence-electron chi connectivity index (χ1n) is 8.10. The minimum Gasteiger partial charge on any atom is -0.381 e. The van der Waals surface area contributed by atoms with Crippen LogP contribution in [0.4, 0.5) is 0 Å². The van der Waals surface area contributed by atoms with Crippen LogP contribution in [-0.2, 0) is 11.3 Å². The summed E-state index contributed by atoms with van der Waals surface area (Å²) in [4.78, 5) is 6.56. The summed E-state index contributed by atoms with van der Waals surface area (Å²) >= 11 is 0. The first kappa shape index (κ1) is 16.8. The van der Waals surface area contributed by atoms with Crippen LogP contribution in [-0.4, -0.2) is 61.0 Å². The molecule has 1 aromatic heterocycles. The average Bonchev–Trinajstić information content (AvgIpc) is 3.08. The van der Waals surface area contributed by atoms with E-state index in [0.29, 0.717) is 5.92 Å². The largest absolute Gasteiger partial charge is 0.381 e. The molecule has 0 saturated carbocycles. The van der Waals surface area contributed by atoms with Gasteiger partial charge in [0.25, 0.3) is 0 Å². The van der Waals surface area contributed by atoms with E-state index in [1.807, 2.05) is 14.0 Å². The second-order valence-electron chi connectivity index (χ2n) is 6.09. The number of hydrogen-bond donors (Lipinski definition) is 1. The third-order valence-electron chi connectivity index (χ3n) is 4.06. The Morgan fingerprint density at radius 2 is 2.36 bits per heavy atom. The van der Waals surface area contributed by atoms with E-state index >= 15 is 0 Å². The maximum absolute atomic E-state index is 5.44. The van der Waals surface area contributed by atoms with Gasteiger partial charge in [-0.25, -0.2) is 0 Å². The van der Waals surface area contributed by atoms with Crippen molar-refractivity contribution in [1.82, 2.24) is 20.0 Å². The van der Waals surface area contributed by atoms with Crippen molar-refractivity contribution in [3.63, 3.8) is 0 Å². The van der Waals surface area contributed by atoms with Crippen molar-refractivity contribution >= 4 is 5.96 Å². The molecule has 1 aliphatic rings. The van der Waals surface area contributed by atoms with Crippen molar-refractivity contribution in [2.45, 2.75) is 33.2 Å². The van der Waals surface area contributed by atoms with Crippen molar-refractivity contribution in [3.8, 4) is 0 Å². The molecular formula is C16H29N5O. The van der Waals surface area contributed by atoms with Crippen molar-refractivity contribution in [2.75, 3.05) is 40.4 Å². The van der Waals surface area contributed by atoms with Gasteiger partial charge in [-0.1, -0.05) is 0 Å². The summed E-state index contributed by atoms with van der Waals surface area (Å²) in [5.41, 5.74) is 2.31. The lowest BCUT2D eigenvalue weighted by Crippen LogP contribution is -2.42. The lowest BCUT2D eigenvalue weighted by atomic mass is 10.1. The van der Waals surface area contributed by atoms with Crippen LogP contribution in [0, 0.1) is 19.8 Å². The summed E-state index contributed by atoms with van der Waals surface area (Å²) in [6.45, 7) is 8.74. The summed E-state index contributed by atoms with van der Waals surface area (Å²) in [6.07, 6.45) is 2.18. The van der Waals surface area contributed by atoms with Gasteiger partial charge in [-0.05, 0) is 32.8 Å². The summed E-state index contributed by atoms with van der Waals surface area (Å²) in [6, 6.07) is 2.11. The monoisotopic (exact) mass is 307 g/mol. The highest BCUT2D eigenvalue weighted by Crippen LogP contribution is 2.13. The van der Waals surface area contributed by atoms with Gasteiger partial charge in [0, 0.05) is 51.9 Å². The van der Waals surface area contributed by atoms with Gasteiger partial charge < -0.3 is 15.0 Å². The maximum atomic E-state index is 5.44. The van der Waals surface area contributed by atoms with Gasteiger partial charge in [-0.15, -0.1) is 0 Å². The molecule has 0 bridgehead atoms. The lowest BCUT2D eigenvalue weighted by molar-refractivity contribution is 0.181. The van der Waals surface area contributed by atoms with Crippen LogP contribution in [0.2, 0.25) is 0 Å². The number of guanidine groups is 1. The minimum absolute atomic E-state index is 0.623. The highest BCUT2D eigenvalue weighted by Gasteiger charge is 2.18. The second-order valence-corrected chi connectivity index (χ2v) is 6.09. The Kier molecular flexibility index (Phi) is 6.24. The van der Waals surface area contributed by atoms with E-state index in [4.69, 9.17) is 4.74 Å². The number of hydrogen-bond acceptors (Lipinski definition) is 3. The van der Waals surface area contributed by atoms with Gasteiger partial charge in [-0.2, -0.15) is 5.10 Å². The maximum Gasteiger partial charge on any atom is 0.193 e. The molecule has 0 amide bonds. The first-order valence-corrected chi connectivity index (χ1v) is 8.10. The molecule has 0 aliphatic carbocycles. The Morgan fingerprint density at radius 1 is 1.55 bits per heavy atom. The van der Waals surface area contributed by atoms with Crippen LogP contribution in [0.5, 0.6) is 0 Å². The molecule has 6 heteroatoms. The predicted molar refractivity (Wildman–Crippen MR) is 89.2 cm³/mol. The quantitative estimate of drug-likeness (QED) is 0.491. The van der Waals surface area contributed by atoms with Crippen molar-refractivity contribution < 1.29 is 4.74 Å². The second kappa shape index (κ2) is 8.17. The zero-order valence-corrected chi connectivity index (χ0v) is 14.3. The third kappa shape index (κ3) is 4.73. The van der Waals surface area contributed by atoms with Gasteiger partial charge in [0.15, 0.2) is 5.96 Å². The van der Waals surface area contributed by atoms with Gasteiger partial charge in [-0.3, -0.25) is 9.67 Å². The summed E-state index contributed by atoms with van der Waals surface area (Å²) in [5.74, 6) is 1.58. The highest BCUT2D eigenvalue weighted by molar-refractivity contribution is 5.79. The molecule has 2 heterocycles. The van der Waals surface area contributed by atoms with Crippen LogP contribution >= 0.6 is 0 Å². The molecule has 1 fully saturated rings. The van der Waals surface area contributed by atoms with E-state index in [1.54, 1.807) is 0 Å². The first-order chi connectivity index (χ1) is 10.6. The number of rotatable bonds is 6. The van der Waals surface area contributed by atoms with Crippen LogP contribution in [0.3, 0.4) is 0 Å². The molecular weight excluding hydrogens is 278 g/mol. The number of nitrogens with zero attached hydrogens (tertiary/aromatic N) is 4.